The van der Waals surface area contributed by atoms with Crippen LogP contribution in [0.3, 0.4) is 0 Å². The molecule has 0 bridgehead atoms. The van der Waals surface area contributed by atoms with Crippen molar-refractivity contribution in [1.82, 2.24) is 4.90 Å². The first-order valence-corrected chi connectivity index (χ1v) is 11.1. The molecule has 1 aromatic carbocycles. The minimum atomic E-state index is -1.48. The number of amidine groups is 1. The summed E-state index contributed by atoms with van der Waals surface area (Å²) >= 11 is 0. The van der Waals surface area contributed by atoms with Crippen molar-refractivity contribution in [3.05, 3.63) is 65.8 Å². The minimum Gasteiger partial charge on any atom is -0.310 e. The van der Waals surface area contributed by atoms with Crippen molar-refractivity contribution in [2.24, 2.45) is 9.98 Å². The summed E-state index contributed by atoms with van der Waals surface area (Å²) in [5.41, 5.74) is 4.91. The number of likely N-dealkylation sites (N-methyl/N-ethyl adjacent to an activating group) is 1. The Balaban J connectivity index is 2.20. The van der Waals surface area contributed by atoms with E-state index < -0.39 is 6.17 Å². The van der Waals surface area contributed by atoms with Crippen molar-refractivity contribution in [2.45, 2.75) is 58.2 Å². The standard InChI is InChI=1S/C27H37FN4/c1-20(2)16-27(17-22(4)19-32(27)6)13-12-26(31-23(5)25(28)18-29)30-14-8-11-24-10-7-9-21(3)15-24/h7-11,15,18,25,29H,1,4,12-14,16-17,19H2,2-3,5-6H3/b11-8+,29-18?,30-26?,31-23?. The zero-order chi connectivity index (χ0) is 23.7. The maximum absolute atomic E-state index is 14.0. The molecule has 1 aromatic rings. The number of hydrogen-bond acceptors (Lipinski definition) is 3. The smallest absolute Gasteiger partial charge is 0.172 e. The fraction of sp³-hybridized carbons (Fsp3) is 0.444. The van der Waals surface area contributed by atoms with E-state index >= 15 is 0 Å². The summed E-state index contributed by atoms with van der Waals surface area (Å²) in [4.78, 5) is 11.5. The van der Waals surface area contributed by atoms with Crippen molar-refractivity contribution in [1.29, 1.82) is 5.41 Å². The van der Waals surface area contributed by atoms with Crippen LogP contribution in [0.5, 0.6) is 0 Å². The predicted molar refractivity (Wildman–Crippen MR) is 137 cm³/mol. The second kappa shape index (κ2) is 11.8. The molecule has 1 saturated heterocycles. The summed E-state index contributed by atoms with van der Waals surface area (Å²) in [5, 5.41) is 7.20. The first-order valence-electron chi connectivity index (χ1n) is 11.1. The quantitative estimate of drug-likeness (QED) is 0.264. The van der Waals surface area contributed by atoms with Crippen LogP contribution in [0.1, 0.15) is 50.7 Å². The van der Waals surface area contributed by atoms with Gasteiger partial charge in [-0.25, -0.2) is 9.38 Å². The van der Waals surface area contributed by atoms with Crippen molar-refractivity contribution >= 4 is 23.8 Å². The van der Waals surface area contributed by atoms with E-state index in [1.807, 2.05) is 18.2 Å². The van der Waals surface area contributed by atoms with E-state index in [-0.39, 0.29) is 11.3 Å². The molecule has 2 atom stereocenters. The number of nitrogens with zero attached hydrogens (tertiary/aromatic N) is 3. The molecule has 2 unspecified atom stereocenters. The Kier molecular flexibility index (Phi) is 9.45. The molecule has 0 spiro atoms. The van der Waals surface area contributed by atoms with Gasteiger partial charge >= 0.3 is 0 Å². The van der Waals surface area contributed by atoms with Crippen molar-refractivity contribution in [3.63, 3.8) is 0 Å². The van der Waals surface area contributed by atoms with Crippen molar-refractivity contribution in [3.8, 4) is 0 Å². The van der Waals surface area contributed by atoms with Crippen LogP contribution in [0.2, 0.25) is 0 Å². The molecule has 0 aliphatic carbocycles. The molecule has 32 heavy (non-hydrogen) atoms. The zero-order valence-electron chi connectivity index (χ0n) is 20.0. The van der Waals surface area contributed by atoms with Gasteiger partial charge in [-0.3, -0.25) is 9.89 Å². The molecule has 1 N–H and O–H groups in total. The Labute approximate surface area is 192 Å². The summed E-state index contributed by atoms with van der Waals surface area (Å²) in [6.07, 6.45) is 6.60. The summed E-state index contributed by atoms with van der Waals surface area (Å²) < 4.78 is 14.0. The molecule has 5 heteroatoms. The highest BCUT2D eigenvalue weighted by atomic mass is 19.1. The topological polar surface area (TPSA) is 51.8 Å². The van der Waals surface area contributed by atoms with Gasteiger partial charge < -0.3 is 5.41 Å². The van der Waals surface area contributed by atoms with E-state index in [4.69, 9.17) is 5.41 Å². The van der Waals surface area contributed by atoms with E-state index in [0.717, 1.165) is 43.2 Å². The van der Waals surface area contributed by atoms with Gasteiger partial charge in [-0.1, -0.05) is 59.7 Å². The Bertz CT molecular complexity index is 927. The van der Waals surface area contributed by atoms with Crippen molar-refractivity contribution < 1.29 is 4.39 Å². The number of halogens is 1. The maximum atomic E-state index is 14.0. The van der Waals surface area contributed by atoms with E-state index in [1.165, 1.54) is 11.1 Å². The molecule has 1 heterocycles. The summed E-state index contributed by atoms with van der Waals surface area (Å²) in [5.74, 6) is 0.618. The molecule has 2 rings (SSSR count). The fourth-order valence-corrected chi connectivity index (χ4v) is 4.31. The Hall–Kier alpha value is -2.66. The number of rotatable bonds is 10. The molecular weight excluding hydrogens is 399 g/mol. The van der Waals surface area contributed by atoms with Gasteiger partial charge in [0.2, 0.25) is 0 Å². The van der Waals surface area contributed by atoms with Crippen molar-refractivity contribution in [2.75, 3.05) is 20.1 Å². The second-order valence-corrected chi connectivity index (χ2v) is 9.04. The predicted octanol–water partition coefficient (Wildman–Crippen LogP) is 6.23. The van der Waals surface area contributed by atoms with Crippen LogP contribution in [0.25, 0.3) is 6.08 Å². The van der Waals surface area contributed by atoms with Crippen LogP contribution < -0.4 is 0 Å². The first-order chi connectivity index (χ1) is 15.1. The molecule has 172 valence electrons. The lowest BCUT2D eigenvalue weighted by atomic mass is 9.83. The van der Waals surface area contributed by atoms with Gasteiger partial charge in [-0.15, -0.1) is 6.58 Å². The van der Waals surface area contributed by atoms with Crippen LogP contribution in [-0.4, -0.2) is 54.5 Å². The highest BCUT2D eigenvalue weighted by Crippen LogP contribution is 2.39. The Morgan fingerprint density at radius 2 is 2.12 bits per heavy atom. The summed E-state index contributed by atoms with van der Waals surface area (Å²) in [6.45, 7) is 15.4. The normalized spacial score (nSPS) is 21.3. The fourth-order valence-electron chi connectivity index (χ4n) is 4.31. The average molecular weight is 437 g/mol. The molecule has 1 fully saturated rings. The van der Waals surface area contributed by atoms with Gasteiger partial charge in [0.05, 0.1) is 12.3 Å². The lowest BCUT2D eigenvalue weighted by molar-refractivity contribution is 0.162. The molecular formula is C27H37FN4. The zero-order valence-corrected chi connectivity index (χ0v) is 20.0. The molecule has 1 aliphatic heterocycles. The Morgan fingerprint density at radius 3 is 2.72 bits per heavy atom. The third kappa shape index (κ3) is 7.49. The van der Waals surface area contributed by atoms with Crippen LogP contribution in [0.4, 0.5) is 4.39 Å². The number of nitrogens with one attached hydrogen (secondary N) is 1. The lowest BCUT2D eigenvalue weighted by Gasteiger charge is -2.36. The van der Waals surface area contributed by atoms with E-state index in [0.29, 0.717) is 18.8 Å². The average Bonchev–Trinajstić information content (AvgIpc) is 3.00. The van der Waals surface area contributed by atoms with Crippen LogP contribution in [0, 0.1) is 12.3 Å². The number of hydrogen-bond donors (Lipinski definition) is 1. The number of aryl methyl sites for hydroxylation is 1. The lowest BCUT2D eigenvalue weighted by Crippen LogP contribution is -2.41. The monoisotopic (exact) mass is 436 g/mol. The molecule has 0 saturated carbocycles. The largest absolute Gasteiger partial charge is 0.310 e. The highest BCUT2D eigenvalue weighted by molar-refractivity contribution is 6.05. The third-order valence-corrected chi connectivity index (χ3v) is 5.88. The number of alkyl halides is 1. The van der Waals surface area contributed by atoms with Gasteiger partial charge in [0.15, 0.2) is 6.17 Å². The molecule has 0 radical (unpaired) electrons. The maximum Gasteiger partial charge on any atom is 0.172 e. The van der Waals surface area contributed by atoms with E-state index in [1.54, 1.807) is 6.92 Å². The van der Waals surface area contributed by atoms with Crippen LogP contribution >= 0.6 is 0 Å². The van der Waals surface area contributed by atoms with Gasteiger partial charge in [0, 0.05) is 24.7 Å². The molecule has 1 aliphatic rings. The summed E-state index contributed by atoms with van der Waals surface area (Å²) in [7, 11) is 2.13. The summed E-state index contributed by atoms with van der Waals surface area (Å²) in [6, 6.07) is 8.27. The Morgan fingerprint density at radius 1 is 1.38 bits per heavy atom. The number of likely N-dealkylation sites (tertiary alicyclic amines) is 1. The number of aliphatic imine (C=N–C) groups is 2. The van der Waals surface area contributed by atoms with E-state index in [9.17, 15) is 4.39 Å². The van der Waals surface area contributed by atoms with E-state index in [2.05, 4.69) is 67.1 Å². The third-order valence-electron chi connectivity index (χ3n) is 5.88. The molecule has 0 amide bonds. The second-order valence-electron chi connectivity index (χ2n) is 9.04. The SMILES string of the molecule is C=C(C)CC1(CCC(=NC/C=C/c2cccc(C)c2)N=C(C)C(F)C=N)CC(=C)CN1C. The van der Waals surface area contributed by atoms with Gasteiger partial charge in [0.1, 0.15) is 5.84 Å². The van der Waals surface area contributed by atoms with Gasteiger partial charge in [-0.05, 0) is 52.6 Å². The minimum absolute atomic E-state index is 0.0544. The van der Waals surface area contributed by atoms with Gasteiger partial charge in [-0.2, -0.15) is 0 Å². The number of benzene rings is 1. The van der Waals surface area contributed by atoms with Crippen LogP contribution in [-0.2, 0) is 0 Å². The molecule has 0 aromatic heterocycles. The van der Waals surface area contributed by atoms with Crippen LogP contribution in [0.15, 0.2) is 64.6 Å². The highest BCUT2D eigenvalue weighted by Gasteiger charge is 2.40. The molecule has 4 nitrogen and oxygen atoms in total. The first kappa shape index (κ1) is 25.6. The van der Waals surface area contributed by atoms with Gasteiger partial charge in [0.25, 0.3) is 0 Å².